The number of fused-ring (bicyclic) bond motifs is 5. The molecule has 0 aliphatic carbocycles. The number of benzene rings is 2. The number of thioether (sulfide) groups is 1. The van der Waals surface area contributed by atoms with E-state index in [4.69, 9.17) is 0 Å². The van der Waals surface area contributed by atoms with Crippen molar-refractivity contribution in [1.29, 1.82) is 0 Å². The molecule has 2 heterocycles. The first kappa shape index (κ1) is 14.6. The van der Waals surface area contributed by atoms with Crippen LogP contribution in [-0.2, 0) is 4.79 Å². The predicted molar refractivity (Wildman–Crippen MR) is 94.9 cm³/mol. The highest BCUT2D eigenvalue weighted by Crippen LogP contribution is 2.55. The van der Waals surface area contributed by atoms with Crippen molar-refractivity contribution in [2.45, 2.75) is 35.4 Å². The van der Waals surface area contributed by atoms with Gasteiger partial charge < -0.3 is 10.6 Å². The van der Waals surface area contributed by atoms with Crippen LogP contribution in [0.4, 0.5) is 5.69 Å². The van der Waals surface area contributed by atoms with E-state index in [1.165, 1.54) is 16.0 Å². The Morgan fingerprint density at radius 3 is 2.70 bits per heavy atom. The third-order valence-corrected chi connectivity index (χ3v) is 6.02. The van der Waals surface area contributed by atoms with E-state index in [2.05, 4.69) is 60.0 Å². The molecule has 3 unspecified atom stereocenters. The van der Waals surface area contributed by atoms with E-state index in [-0.39, 0.29) is 23.1 Å². The lowest BCUT2D eigenvalue weighted by Crippen LogP contribution is -2.40. The van der Waals surface area contributed by atoms with Crippen molar-refractivity contribution in [1.82, 2.24) is 5.32 Å². The third-order valence-electron chi connectivity index (χ3n) is 4.63. The van der Waals surface area contributed by atoms with E-state index in [0.717, 1.165) is 18.7 Å². The average Bonchev–Trinajstić information content (AvgIpc) is 2.99. The second kappa shape index (κ2) is 5.93. The van der Waals surface area contributed by atoms with Crippen LogP contribution in [0.3, 0.4) is 0 Å². The van der Waals surface area contributed by atoms with Crippen molar-refractivity contribution in [2.24, 2.45) is 0 Å². The van der Waals surface area contributed by atoms with Crippen LogP contribution in [0.1, 0.15) is 36.4 Å². The molecular weight excluding hydrogens is 304 g/mol. The Morgan fingerprint density at radius 1 is 1.13 bits per heavy atom. The van der Waals surface area contributed by atoms with Crippen LogP contribution in [0.25, 0.3) is 0 Å². The lowest BCUT2D eigenvalue weighted by Gasteiger charge is -2.34. The summed E-state index contributed by atoms with van der Waals surface area (Å²) in [5, 5.41) is 6.64. The number of para-hydroxylation sites is 1. The average molecular weight is 324 g/mol. The third kappa shape index (κ3) is 2.41. The van der Waals surface area contributed by atoms with Crippen LogP contribution < -0.4 is 10.6 Å². The second-order valence-electron chi connectivity index (χ2n) is 6.10. The summed E-state index contributed by atoms with van der Waals surface area (Å²) in [6.45, 7) is 2.82. The molecule has 2 aromatic rings. The summed E-state index contributed by atoms with van der Waals surface area (Å²) >= 11 is 1.70. The second-order valence-corrected chi connectivity index (χ2v) is 7.29. The molecule has 2 aliphatic heterocycles. The summed E-state index contributed by atoms with van der Waals surface area (Å²) in [7, 11) is 0. The normalized spacial score (nSPS) is 24.1. The Hall–Kier alpha value is -1.94. The lowest BCUT2D eigenvalue weighted by atomic mass is 9.86. The van der Waals surface area contributed by atoms with E-state index in [1.807, 2.05) is 6.07 Å². The first-order chi connectivity index (χ1) is 11.3. The van der Waals surface area contributed by atoms with Crippen LogP contribution in [-0.4, -0.2) is 17.7 Å². The number of carbonyl (C=O) groups is 1. The van der Waals surface area contributed by atoms with E-state index in [1.54, 1.807) is 11.8 Å². The highest BCUT2D eigenvalue weighted by molar-refractivity contribution is 8.00. The minimum absolute atomic E-state index is 0.0856. The summed E-state index contributed by atoms with van der Waals surface area (Å²) in [6.07, 6.45) is 0.961. The molecule has 3 nitrogen and oxygen atoms in total. The largest absolute Gasteiger partial charge is 0.377 e. The standard InChI is InChI=1S/C19H20N2OS/c1-2-11-20-19(22)18-16-12-7-3-5-9-14(12)21-17(16)13-8-4-6-10-15(13)23-18/h3-10,16-18,21H,2,11H2,1H3,(H,20,22). The molecule has 4 rings (SSSR count). The van der Waals surface area contributed by atoms with Crippen LogP contribution in [0, 0.1) is 0 Å². The van der Waals surface area contributed by atoms with Crippen LogP contribution >= 0.6 is 11.8 Å². The Balaban J connectivity index is 1.77. The molecule has 0 bridgehead atoms. The molecule has 23 heavy (non-hydrogen) atoms. The molecule has 4 heteroatoms. The van der Waals surface area contributed by atoms with Crippen LogP contribution in [0.15, 0.2) is 53.4 Å². The minimum atomic E-state index is -0.0856. The van der Waals surface area contributed by atoms with Gasteiger partial charge in [-0.05, 0) is 29.7 Å². The molecule has 2 N–H and O–H groups in total. The van der Waals surface area contributed by atoms with Crippen molar-refractivity contribution in [2.75, 3.05) is 11.9 Å². The van der Waals surface area contributed by atoms with E-state index < -0.39 is 0 Å². The first-order valence-corrected chi connectivity index (χ1v) is 9.06. The molecule has 0 aromatic heterocycles. The van der Waals surface area contributed by atoms with Crippen molar-refractivity contribution >= 4 is 23.4 Å². The predicted octanol–water partition coefficient (Wildman–Crippen LogP) is 3.94. The fraction of sp³-hybridized carbons (Fsp3) is 0.316. The number of anilines is 1. The van der Waals surface area contributed by atoms with Gasteiger partial charge in [0.1, 0.15) is 0 Å². The van der Waals surface area contributed by atoms with Gasteiger partial charge >= 0.3 is 0 Å². The Bertz CT molecular complexity index is 746. The van der Waals surface area contributed by atoms with Crippen LogP contribution in [0.2, 0.25) is 0 Å². The van der Waals surface area contributed by atoms with Gasteiger partial charge in [-0.25, -0.2) is 0 Å². The number of nitrogens with one attached hydrogen (secondary N) is 2. The number of hydrogen-bond acceptors (Lipinski definition) is 3. The Kier molecular flexibility index (Phi) is 3.77. The van der Waals surface area contributed by atoms with Crippen molar-refractivity contribution in [3.63, 3.8) is 0 Å². The van der Waals surface area contributed by atoms with Gasteiger partial charge in [-0.15, -0.1) is 11.8 Å². The summed E-state index contributed by atoms with van der Waals surface area (Å²) in [6, 6.07) is 17.0. The minimum Gasteiger partial charge on any atom is -0.377 e. The van der Waals surface area contributed by atoms with Gasteiger partial charge in [-0.1, -0.05) is 43.3 Å². The number of amides is 1. The maximum atomic E-state index is 12.8. The highest BCUT2D eigenvalue weighted by Gasteiger charge is 2.46. The van der Waals surface area contributed by atoms with Crippen molar-refractivity contribution in [3.8, 4) is 0 Å². The molecule has 2 aromatic carbocycles. The Morgan fingerprint density at radius 2 is 1.87 bits per heavy atom. The van der Waals surface area contributed by atoms with E-state index in [9.17, 15) is 4.79 Å². The maximum Gasteiger partial charge on any atom is 0.234 e. The molecule has 1 amide bonds. The number of carbonyl (C=O) groups excluding carboxylic acids is 1. The summed E-state index contributed by atoms with van der Waals surface area (Å²) in [5.74, 6) is 0.336. The number of rotatable bonds is 3. The van der Waals surface area contributed by atoms with Gasteiger partial charge in [0, 0.05) is 23.0 Å². The first-order valence-electron chi connectivity index (χ1n) is 8.18. The molecule has 0 fully saturated rings. The molecule has 0 saturated heterocycles. The fourth-order valence-corrected chi connectivity index (χ4v) is 4.99. The van der Waals surface area contributed by atoms with Gasteiger partial charge in [0.25, 0.3) is 0 Å². The van der Waals surface area contributed by atoms with Gasteiger partial charge in [0.2, 0.25) is 5.91 Å². The molecule has 0 radical (unpaired) electrons. The van der Waals surface area contributed by atoms with Crippen molar-refractivity contribution < 1.29 is 4.79 Å². The monoisotopic (exact) mass is 324 g/mol. The van der Waals surface area contributed by atoms with E-state index in [0.29, 0.717) is 0 Å². The van der Waals surface area contributed by atoms with Gasteiger partial charge in [0.15, 0.2) is 0 Å². The molecular formula is C19H20N2OS. The summed E-state index contributed by atoms with van der Waals surface area (Å²) in [5.41, 5.74) is 3.72. The zero-order valence-electron chi connectivity index (χ0n) is 13.1. The fourth-order valence-electron chi connectivity index (χ4n) is 3.59. The SMILES string of the molecule is CCCNC(=O)C1Sc2ccccc2C2Nc3ccccc3C12. The summed E-state index contributed by atoms with van der Waals surface area (Å²) < 4.78 is 0. The molecule has 2 aliphatic rings. The maximum absolute atomic E-state index is 12.8. The molecule has 0 spiro atoms. The molecule has 3 atom stereocenters. The van der Waals surface area contributed by atoms with Crippen molar-refractivity contribution in [3.05, 3.63) is 59.7 Å². The van der Waals surface area contributed by atoms with Crippen LogP contribution in [0.5, 0.6) is 0 Å². The molecule has 118 valence electrons. The van der Waals surface area contributed by atoms with Gasteiger partial charge in [-0.2, -0.15) is 0 Å². The molecule has 0 saturated carbocycles. The van der Waals surface area contributed by atoms with Gasteiger partial charge in [-0.3, -0.25) is 4.79 Å². The lowest BCUT2D eigenvalue weighted by molar-refractivity contribution is -0.121. The highest BCUT2D eigenvalue weighted by atomic mass is 32.2. The van der Waals surface area contributed by atoms with E-state index >= 15 is 0 Å². The number of hydrogen-bond donors (Lipinski definition) is 2. The topological polar surface area (TPSA) is 41.1 Å². The zero-order chi connectivity index (χ0) is 15.8. The zero-order valence-corrected chi connectivity index (χ0v) is 13.9. The Labute approximate surface area is 140 Å². The smallest absolute Gasteiger partial charge is 0.234 e. The summed E-state index contributed by atoms with van der Waals surface area (Å²) in [4.78, 5) is 14.0. The van der Waals surface area contributed by atoms with Gasteiger partial charge in [0.05, 0.1) is 11.3 Å². The quantitative estimate of drug-likeness (QED) is 0.898.